The van der Waals surface area contributed by atoms with Gasteiger partial charge in [0.2, 0.25) is 15.9 Å². The molecule has 0 bridgehead atoms. The van der Waals surface area contributed by atoms with E-state index in [9.17, 15) is 22.0 Å². The third-order valence-corrected chi connectivity index (χ3v) is 6.40. The summed E-state index contributed by atoms with van der Waals surface area (Å²) in [5.74, 6) is -0.169. The number of carbonyl (C=O) groups excluding carboxylic acids is 1. The van der Waals surface area contributed by atoms with Crippen molar-refractivity contribution in [2.45, 2.75) is 12.2 Å². The summed E-state index contributed by atoms with van der Waals surface area (Å²) >= 11 is 7.25. The highest BCUT2D eigenvalue weighted by molar-refractivity contribution is 7.98. The summed E-state index contributed by atoms with van der Waals surface area (Å²) in [5.41, 5.74) is 0.734. The Kier molecular flexibility index (Phi) is 8.73. The fourth-order valence-corrected chi connectivity index (χ4v) is 4.40. The van der Waals surface area contributed by atoms with Crippen LogP contribution in [0, 0.1) is 11.6 Å². The monoisotopic (exact) mass is 462 g/mol. The molecule has 0 unspecified atom stereocenters. The van der Waals surface area contributed by atoms with Gasteiger partial charge in [-0.3, -0.25) is 9.10 Å². The number of halogens is 3. The number of hydrogen-bond acceptors (Lipinski definition) is 4. The van der Waals surface area contributed by atoms with Crippen LogP contribution < -0.4 is 9.62 Å². The minimum Gasteiger partial charge on any atom is -0.354 e. The van der Waals surface area contributed by atoms with E-state index in [1.807, 2.05) is 0 Å². The first-order chi connectivity index (χ1) is 13.7. The molecule has 0 aliphatic heterocycles. The molecule has 0 aliphatic carbocycles. The molecule has 1 amide bonds. The molecule has 5 nitrogen and oxygen atoms in total. The zero-order valence-corrected chi connectivity index (χ0v) is 18.1. The minimum atomic E-state index is -3.76. The third kappa shape index (κ3) is 7.49. The molecule has 0 heterocycles. The van der Waals surface area contributed by atoms with E-state index in [4.69, 9.17) is 11.6 Å². The molecule has 1 N–H and O–H groups in total. The maximum atomic E-state index is 13.5. The van der Waals surface area contributed by atoms with Crippen LogP contribution in [0.25, 0.3) is 0 Å². The Labute approximate surface area is 178 Å². The van der Waals surface area contributed by atoms with Crippen LogP contribution in [-0.4, -0.2) is 39.4 Å². The van der Waals surface area contributed by atoms with E-state index < -0.39 is 28.3 Å². The number of amides is 1. The summed E-state index contributed by atoms with van der Waals surface area (Å²) in [6.07, 6.45) is 1.60. The summed E-state index contributed by atoms with van der Waals surface area (Å²) in [4.78, 5) is 12.1. The number of nitrogens with zero attached hydrogens (tertiary/aromatic N) is 1. The standard InChI is InChI=1S/C19H21ClF2N2O3S2/c1-29(26,27)24(15-7-8-18(22)16(20)11-15)12-19(25)23-9-4-10-28-13-14-5-2-3-6-17(14)21/h2-3,5-8,11H,4,9-10,12-13H2,1H3,(H,23,25). The number of anilines is 1. The molecule has 0 fully saturated rings. The van der Waals surface area contributed by atoms with Crippen LogP contribution >= 0.6 is 23.4 Å². The Hall–Kier alpha value is -1.84. The molecule has 2 aromatic carbocycles. The minimum absolute atomic E-state index is 0.106. The van der Waals surface area contributed by atoms with Crippen LogP contribution in [0.5, 0.6) is 0 Å². The van der Waals surface area contributed by atoms with Crippen molar-refractivity contribution in [1.82, 2.24) is 5.32 Å². The Morgan fingerprint density at radius 1 is 1.17 bits per heavy atom. The molecule has 10 heteroatoms. The molecule has 0 aliphatic rings. The van der Waals surface area contributed by atoms with Gasteiger partial charge in [-0.15, -0.1) is 0 Å². The van der Waals surface area contributed by atoms with Gasteiger partial charge in [-0.2, -0.15) is 11.8 Å². The van der Waals surface area contributed by atoms with Gasteiger partial charge in [0, 0.05) is 12.3 Å². The van der Waals surface area contributed by atoms with E-state index in [1.54, 1.807) is 30.0 Å². The van der Waals surface area contributed by atoms with Crippen molar-refractivity contribution < 1.29 is 22.0 Å². The highest BCUT2D eigenvalue weighted by atomic mass is 35.5. The van der Waals surface area contributed by atoms with Gasteiger partial charge in [0.1, 0.15) is 18.2 Å². The number of hydrogen-bond donors (Lipinski definition) is 1. The second-order valence-corrected chi connectivity index (χ2v) is 9.63. The van der Waals surface area contributed by atoms with Crippen LogP contribution in [0.3, 0.4) is 0 Å². The maximum absolute atomic E-state index is 13.5. The summed E-state index contributed by atoms with van der Waals surface area (Å²) < 4.78 is 51.7. The van der Waals surface area contributed by atoms with Crippen LogP contribution in [-0.2, 0) is 20.6 Å². The SMILES string of the molecule is CS(=O)(=O)N(CC(=O)NCCCSCc1ccccc1F)c1ccc(F)c(Cl)c1. The predicted octanol–water partition coefficient (Wildman–Crippen LogP) is 3.82. The zero-order valence-electron chi connectivity index (χ0n) is 15.7. The van der Waals surface area contributed by atoms with Gasteiger partial charge in [-0.1, -0.05) is 29.8 Å². The van der Waals surface area contributed by atoms with E-state index >= 15 is 0 Å². The van der Waals surface area contributed by atoms with Crippen LogP contribution in [0.15, 0.2) is 42.5 Å². The van der Waals surface area contributed by atoms with Crippen molar-refractivity contribution in [2.75, 3.05) is 29.4 Å². The maximum Gasteiger partial charge on any atom is 0.240 e. The fraction of sp³-hybridized carbons (Fsp3) is 0.316. The Morgan fingerprint density at radius 2 is 1.90 bits per heavy atom. The number of benzene rings is 2. The summed E-state index contributed by atoms with van der Waals surface area (Å²) in [5, 5.41) is 2.42. The largest absolute Gasteiger partial charge is 0.354 e. The van der Waals surface area contributed by atoms with Crippen molar-refractivity contribution in [3.63, 3.8) is 0 Å². The van der Waals surface area contributed by atoms with Crippen LogP contribution in [0.1, 0.15) is 12.0 Å². The smallest absolute Gasteiger partial charge is 0.240 e. The van der Waals surface area contributed by atoms with E-state index in [2.05, 4.69) is 5.32 Å². The first kappa shape index (κ1) is 23.4. The first-order valence-corrected chi connectivity index (χ1v) is 12.1. The summed E-state index contributed by atoms with van der Waals surface area (Å²) in [6, 6.07) is 10.0. The van der Waals surface area contributed by atoms with Gasteiger partial charge in [-0.25, -0.2) is 17.2 Å². The van der Waals surface area contributed by atoms with Crippen LogP contribution in [0.2, 0.25) is 5.02 Å². The highest BCUT2D eigenvalue weighted by Gasteiger charge is 2.21. The van der Waals surface area contributed by atoms with Gasteiger partial charge >= 0.3 is 0 Å². The van der Waals surface area contributed by atoms with Crippen molar-refractivity contribution in [3.05, 3.63) is 64.7 Å². The van der Waals surface area contributed by atoms with Gasteiger partial charge in [0.15, 0.2) is 0 Å². The normalized spacial score (nSPS) is 11.3. The van der Waals surface area contributed by atoms with Crippen molar-refractivity contribution in [2.24, 2.45) is 0 Å². The highest BCUT2D eigenvalue weighted by Crippen LogP contribution is 2.24. The molecule has 0 radical (unpaired) electrons. The number of thioether (sulfide) groups is 1. The molecular weight excluding hydrogens is 442 g/mol. The van der Waals surface area contributed by atoms with E-state index in [0.29, 0.717) is 30.0 Å². The van der Waals surface area contributed by atoms with Gasteiger partial charge in [0.25, 0.3) is 0 Å². The van der Waals surface area contributed by atoms with Gasteiger partial charge in [0.05, 0.1) is 17.0 Å². The lowest BCUT2D eigenvalue weighted by molar-refractivity contribution is -0.119. The second-order valence-electron chi connectivity index (χ2n) is 6.22. The average molecular weight is 463 g/mol. The zero-order chi connectivity index (χ0) is 21.4. The second kappa shape index (κ2) is 10.8. The van der Waals surface area contributed by atoms with E-state index in [-0.39, 0.29) is 16.5 Å². The van der Waals surface area contributed by atoms with Gasteiger partial charge in [-0.05, 0) is 42.0 Å². The third-order valence-electron chi connectivity index (χ3n) is 3.88. The molecule has 0 aromatic heterocycles. The molecule has 0 atom stereocenters. The Morgan fingerprint density at radius 3 is 2.55 bits per heavy atom. The number of carbonyl (C=O) groups is 1. The quantitative estimate of drug-likeness (QED) is 0.545. The lowest BCUT2D eigenvalue weighted by Crippen LogP contribution is -2.40. The van der Waals surface area contributed by atoms with Crippen LogP contribution in [0.4, 0.5) is 14.5 Å². The molecule has 158 valence electrons. The molecule has 0 saturated carbocycles. The topological polar surface area (TPSA) is 66.5 Å². The first-order valence-electron chi connectivity index (χ1n) is 8.69. The van der Waals surface area contributed by atoms with Crippen molar-refractivity contribution in [3.8, 4) is 0 Å². The summed E-state index contributed by atoms with van der Waals surface area (Å²) in [6.45, 7) is -0.0892. The number of rotatable bonds is 10. The summed E-state index contributed by atoms with van der Waals surface area (Å²) in [7, 11) is -3.76. The van der Waals surface area contributed by atoms with E-state index in [1.165, 1.54) is 12.1 Å². The fourth-order valence-electron chi connectivity index (χ4n) is 2.43. The molecule has 2 rings (SSSR count). The Bertz CT molecular complexity index is 958. The van der Waals surface area contributed by atoms with E-state index in [0.717, 1.165) is 22.7 Å². The predicted molar refractivity (Wildman–Crippen MR) is 114 cm³/mol. The molecule has 2 aromatic rings. The Balaban J connectivity index is 1.80. The molecule has 0 saturated heterocycles. The lowest BCUT2D eigenvalue weighted by Gasteiger charge is -2.22. The average Bonchev–Trinajstić information content (AvgIpc) is 2.65. The van der Waals surface area contributed by atoms with Crippen molar-refractivity contribution in [1.29, 1.82) is 0 Å². The molecule has 29 heavy (non-hydrogen) atoms. The molecule has 0 spiro atoms. The number of nitrogens with one attached hydrogen (secondary N) is 1. The lowest BCUT2D eigenvalue weighted by atomic mass is 10.2. The molecular formula is C19H21ClF2N2O3S2. The van der Waals surface area contributed by atoms with Gasteiger partial charge < -0.3 is 5.32 Å². The number of sulfonamides is 1. The van der Waals surface area contributed by atoms with Crippen molar-refractivity contribution >= 4 is 45.0 Å².